The zero-order valence-corrected chi connectivity index (χ0v) is 8.13. The molecule has 1 fully saturated rings. The van der Waals surface area contributed by atoms with E-state index >= 15 is 0 Å². The number of aliphatic hydroxyl groups is 1. The summed E-state index contributed by atoms with van der Waals surface area (Å²) in [5.74, 6) is 0.123. The van der Waals surface area contributed by atoms with Gasteiger partial charge in [0.1, 0.15) is 5.78 Å². The van der Waals surface area contributed by atoms with E-state index in [-0.39, 0.29) is 23.2 Å². The lowest BCUT2D eigenvalue weighted by atomic mass is 9.81. The molecule has 1 aliphatic carbocycles. The third-order valence-corrected chi connectivity index (χ3v) is 2.56. The Kier molecular flexibility index (Phi) is 2.57. The van der Waals surface area contributed by atoms with Crippen molar-refractivity contribution in [3.63, 3.8) is 0 Å². The second-order valence-electron chi connectivity index (χ2n) is 4.72. The minimum atomic E-state index is -0.378. The first-order valence-corrected chi connectivity index (χ1v) is 4.65. The molecule has 2 atom stereocenters. The molecule has 0 saturated heterocycles. The van der Waals surface area contributed by atoms with Gasteiger partial charge in [-0.15, -0.1) is 0 Å². The van der Waals surface area contributed by atoms with Crippen molar-refractivity contribution in [1.82, 2.24) is 0 Å². The highest BCUT2D eigenvalue weighted by Crippen LogP contribution is 2.32. The molecule has 1 saturated carbocycles. The van der Waals surface area contributed by atoms with Gasteiger partial charge in [-0.1, -0.05) is 27.2 Å². The van der Waals surface area contributed by atoms with Crippen molar-refractivity contribution >= 4 is 5.78 Å². The number of ketones is 1. The fourth-order valence-corrected chi connectivity index (χ4v) is 1.80. The van der Waals surface area contributed by atoms with E-state index in [9.17, 15) is 9.90 Å². The van der Waals surface area contributed by atoms with Crippen molar-refractivity contribution in [1.29, 1.82) is 0 Å². The SMILES string of the molecule is CC(C)(C)C(=O)[C@H]1CCC[C@H]1O. The van der Waals surface area contributed by atoms with Gasteiger partial charge in [0, 0.05) is 11.3 Å². The molecule has 2 heteroatoms. The summed E-state index contributed by atoms with van der Waals surface area (Å²) in [7, 11) is 0. The predicted octanol–water partition coefficient (Wildman–Crippen LogP) is 1.76. The lowest BCUT2D eigenvalue weighted by molar-refractivity contribution is -0.133. The summed E-state index contributed by atoms with van der Waals surface area (Å²) >= 11 is 0. The van der Waals surface area contributed by atoms with Crippen LogP contribution in [0.5, 0.6) is 0 Å². The van der Waals surface area contributed by atoms with Crippen LogP contribution in [0.2, 0.25) is 0 Å². The molecule has 1 rings (SSSR count). The molecular formula is C10H18O2. The maximum Gasteiger partial charge on any atom is 0.143 e. The quantitative estimate of drug-likeness (QED) is 0.651. The van der Waals surface area contributed by atoms with E-state index in [0.29, 0.717) is 0 Å². The number of carbonyl (C=O) groups is 1. The van der Waals surface area contributed by atoms with Gasteiger partial charge in [0.25, 0.3) is 0 Å². The third kappa shape index (κ3) is 1.86. The van der Waals surface area contributed by atoms with Crippen molar-refractivity contribution < 1.29 is 9.90 Å². The van der Waals surface area contributed by atoms with Crippen molar-refractivity contribution in [2.45, 2.75) is 46.1 Å². The summed E-state index contributed by atoms with van der Waals surface area (Å²) in [6.07, 6.45) is 2.29. The molecule has 0 radical (unpaired) electrons. The molecule has 70 valence electrons. The Labute approximate surface area is 74.0 Å². The zero-order valence-electron chi connectivity index (χ0n) is 8.13. The molecule has 1 N–H and O–H groups in total. The van der Waals surface area contributed by atoms with Crippen LogP contribution < -0.4 is 0 Å². The van der Waals surface area contributed by atoms with Crippen molar-refractivity contribution in [2.24, 2.45) is 11.3 Å². The second-order valence-corrected chi connectivity index (χ2v) is 4.72. The highest BCUT2D eigenvalue weighted by Gasteiger charge is 2.36. The molecule has 1 aliphatic rings. The number of carbonyl (C=O) groups excluding carboxylic acids is 1. The van der Waals surface area contributed by atoms with Crippen LogP contribution in [0.25, 0.3) is 0 Å². The number of Topliss-reactive ketones (excluding diaryl/α,β-unsaturated/α-hetero) is 1. The summed E-state index contributed by atoms with van der Waals surface area (Å²) < 4.78 is 0. The van der Waals surface area contributed by atoms with Crippen LogP contribution in [-0.4, -0.2) is 17.0 Å². The first-order chi connectivity index (χ1) is 5.43. The number of hydrogen-bond acceptors (Lipinski definition) is 2. The molecule has 0 aromatic carbocycles. The minimum Gasteiger partial charge on any atom is -0.392 e. The highest BCUT2D eigenvalue weighted by atomic mass is 16.3. The normalized spacial score (nSPS) is 30.7. The van der Waals surface area contributed by atoms with Crippen LogP contribution in [0, 0.1) is 11.3 Å². The molecule has 0 spiro atoms. The molecule has 0 aliphatic heterocycles. The fourth-order valence-electron chi connectivity index (χ4n) is 1.80. The summed E-state index contributed by atoms with van der Waals surface area (Å²) in [5, 5.41) is 9.50. The molecule has 0 heterocycles. The van der Waals surface area contributed by atoms with Gasteiger partial charge in [0.15, 0.2) is 0 Å². The average Bonchev–Trinajstić information content (AvgIpc) is 2.31. The summed E-state index contributed by atoms with van der Waals surface area (Å²) in [4.78, 5) is 11.7. The van der Waals surface area contributed by atoms with Gasteiger partial charge in [-0.05, 0) is 12.8 Å². The Hall–Kier alpha value is -0.370. The van der Waals surface area contributed by atoms with Crippen LogP contribution >= 0.6 is 0 Å². The second kappa shape index (κ2) is 3.17. The number of rotatable bonds is 1. The van der Waals surface area contributed by atoms with Crippen molar-refractivity contribution in [2.75, 3.05) is 0 Å². The van der Waals surface area contributed by atoms with Crippen molar-refractivity contribution in [3.05, 3.63) is 0 Å². The molecular weight excluding hydrogens is 152 g/mol. The Morgan fingerprint density at radius 3 is 2.25 bits per heavy atom. The van der Waals surface area contributed by atoms with Crippen LogP contribution in [0.1, 0.15) is 40.0 Å². The maximum absolute atomic E-state index is 11.7. The Morgan fingerprint density at radius 2 is 1.92 bits per heavy atom. The number of aliphatic hydroxyl groups excluding tert-OH is 1. The topological polar surface area (TPSA) is 37.3 Å². The Balaban J connectivity index is 2.64. The Bertz CT molecular complexity index is 179. The lowest BCUT2D eigenvalue weighted by Crippen LogP contribution is -2.32. The minimum absolute atomic E-state index is 0.0926. The molecule has 0 amide bonds. The summed E-state index contributed by atoms with van der Waals surface area (Å²) in [6, 6.07) is 0. The molecule has 0 unspecified atom stereocenters. The third-order valence-electron chi connectivity index (χ3n) is 2.56. The monoisotopic (exact) mass is 170 g/mol. The maximum atomic E-state index is 11.7. The number of hydrogen-bond donors (Lipinski definition) is 1. The van der Waals surface area contributed by atoms with E-state index in [1.807, 2.05) is 20.8 Å². The van der Waals surface area contributed by atoms with Gasteiger partial charge < -0.3 is 5.11 Å². The van der Waals surface area contributed by atoms with E-state index in [4.69, 9.17) is 0 Å². The first-order valence-electron chi connectivity index (χ1n) is 4.65. The van der Waals surface area contributed by atoms with E-state index in [1.54, 1.807) is 0 Å². The van der Waals surface area contributed by atoms with Gasteiger partial charge in [-0.25, -0.2) is 0 Å². The molecule has 0 bridgehead atoms. The largest absolute Gasteiger partial charge is 0.392 e. The lowest BCUT2D eigenvalue weighted by Gasteiger charge is -2.23. The predicted molar refractivity (Wildman–Crippen MR) is 47.8 cm³/mol. The van der Waals surface area contributed by atoms with E-state index in [1.165, 1.54) is 0 Å². The van der Waals surface area contributed by atoms with Gasteiger partial charge >= 0.3 is 0 Å². The Morgan fingerprint density at radius 1 is 1.33 bits per heavy atom. The van der Waals surface area contributed by atoms with Crippen LogP contribution in [0.15, 0.2) is 0 Å². The van der Waals surface area contributed by atoms with Crippen LogP contribution in [0.4, 0.5) is 0 Å². The van der Waals surface area contributed by atoms with Gasteiger partial charge in [-0.3, -0.25) is 4.79 Å². The van der Waals surface area contributed by atoms with Crippen LogP contribution in [0.3, 0.4) is 0 Å². The van der Waals surface area contributed by atoms with Gasteiger partial charge in [0.05, 0.1) is 6.10 Å². The smallest absolute Gasteiger partial charge is 0.143 e. The summed E-state index contributed by atoms with van der Waals surface area (Å²) in [5.41, 5.74) is -0.296. The summed E-state index contributed by atoms with van der Waals surface area (Å²) in [6.45, 7) is 5.75. The van der Waals surface area contributed by atoms with Crippen LogP contribution in [-0.2, 0) is 4.79 Å². The van der Waals surface area contributed by atoms with E-state index in [0.717, 1.165) is 19.3 Å². The van der Waals surface area contributed by atoms with E-state index in [2.05, 4.69) is 0 Å². The molecule has 12 heavy (non-hydrogen) atoms. The highest BCUT2D eigenvalue weighted by molar-refractivity contribution is 5.86. The molecule has 0 aromatic rings. The first kappa shape index (κ1) is 9.72. The zero-order chi connectivity index (χ0) is 9.35. The standard InChI is InChI=1S/C10H18O2/c1-10(2,3)9(12)7-5-4-6-8(7)11/h7-8,11H,4-6H2,1-3H3/t7-,8+/m0/s1. The average molecular weight is 170 g/mol. The molecule has 0 aromatic heterocycles. The van der Waals surface area contributed by atoms with Gasteiger partial charge in [-0.2, -0.15) is 0 Å². The fraction of sp³-hybridized carbons (Fsp3) is 0.900. The van der Waals surface area contributed by atoms with Gasteiger partial charge in [0.2, 0.25) is 0 Å². The van der Waals surface area contributed by atoms with Crippen molar-refractivity contribution in [3.8, 4) is 0 Å². The molecule has 2 nitrogen and oxygen atoms in total. The van der Waals surface area contributed by atoms with E-state index < -0.39 is 0 Å².